The van der Waals surface area contributed by atoms with Crippen molar-refractivity contribution >= 4 is 7.92 Å². The summed E-state index contributed by atoms with van der Waals surface area (Å²) in [5.41, 5.74) is 1.16. The summed E-state index contributed by atoms with van der Waals surface area (Å²) in [5, 5.41) is 0. The Morgan fingerprint density at radius 3 is 1.48 bits per heavy atom. The number of hydrogen-bond donors (Lipinski definition) is 0. The predicted octanol–water partition coefficient (Wildman–Crippen LogP) is 8.52. The standard InChI is InChI=1S/C22H45P/c1-3-5-7-9-11-16-20-23(22-18-14-13-15-19-22)21-17-12-10-8-6-4-2/h22H,3-21H2,1-2H3. The highest BCUT2D eigenvalue weighted by molar-refractivity contribution is 7.58. The maximum absolute atomic E-state index is 2.32. The van der Waals surface area contributed by atoms with Gasteiger partial charge in [0.25, 0.3) is 0 Å². The number of rotatable bonds is 15. The molecule has 0 heterocycles. The van der Waals surface area contributed by atoms with Gasteiger partial charge in [-0.3, -0.25) is 0 Å². The van der Waals surface area contributed by atoms with Gasteiger partial charge < -0.3 is 0 Å². The average molecular weight is 341 g/mol. The molecular formula is C22H45P. The lowest BCUT2D eigenvalue weighted by Gasteiger charge is -2.31. The molecule has 1 fully saturated rings. The minimum atomic E-state index is 0.372. The van der Waals surface area contributed by atoms with E-state index in [0.29, 0.717) is 7.92 Å². The van der Waals surface area contributed by atoms with E-state index in [0.717, 1.165) is 5.66 Å². The molecule has 0 bridgehead atoms. The molecule has 1 rings (SSSR count). The molecule has 0 aromatic rings. The van der Waals surface area contributed by atoms with Crippen LogP contribution >= 0.6 is 7.92 Å². The van der Waals surface area contributed by atoms with E-state index in [-0.39, 0.29) is 0 Å². The molecule has 0 amide bonds. The van der Waals surface area contributed by atoms with Gasteiger partial charge in [0, 0.05) is 0 Å². The fourth-order valence-electron chi connectivity index (χ4n) is 4.11. The highest BCUT2D eigenvalue weighted by Crippen LogP contribution is 2.49. The third kappa shape index (κ3) is 11.6. The molecular weight excluding hydrogens is 295 g/mol. The summed E-state index contributed by atoms with van der Waals surface area (Å²) < 4.78 is 0. The summed E-state index contributed by atoms with van der Waals surface area (Å²) in [7, 11) is 0.372. The van der Waals surface area contributed by atoms with Gasteiger partial charge in [-0.2, -0.15) is 0 Å². The van der Waals surface area contributed by atoms with Crippen LogP contribution < -0.4 is 0 Å². The molecule has 138 valence electrons. The SMILES string of the molecule is CCCCCCCCP(CCCCCCCC)C1CCCCC1. The monoisotopic (exact) mass is 340 g/mol. The fraction of sp³-hybridized carbons (Fsp3) is 1.00. The van der Waals surface area contributed by atoms with E-state index in [9.17, 15) is 0 Å². The van der Waals surface area contributed by atoms with Gasteiger partial charge >= 0.3 is 0 Å². The fourth-order valence-corrected chi connectivity index (χ4v) is 7.42. The molecule has 1 aliphatic carbocycles. The molecule has 0 spiro atoms. The van der Waals surface area contributed by atoms with Crippen LogP contribution in [0.4, 0.5) is 0 Å². The van der Waals surface area contributed by atoms with Gasteiger partial charge in [-0.25, -0.2) is 0 Å². The summed E-state index contributed by atoms with van der Waals surface area (Å²) in [5.74, 6) is 0. The third-order valence-corrected chi connectivity index (χ3v) is 9.02. The maximum Gasteiger partial charge on any atom is -0.0209 e. The van der Waals surface area contributed by atoms with Gasteiger partial charge in [-0.1, -0.05) is 97.3 Å². The highest BCUT2D eigenvalue weighted by Gasteiger charge is 2.22. The molecule has 1 heteroatoms. The van der Waals surface area contributed by atoms with Crippen LogP contribution in [0, 0.1) is 0 Å². The van der Waals surface area contributed by atoms with Crippen molar-refractivity contribution in [2.45, 2.75) is 129 Å². The molecule has 0 nitrogen and oxygen atoms in total. The average Bonchev–Trinajstić information content (AvgIpc) is 2.60. The number of hydrogen-bond acceptors (Lipinski definition) is 0. The molecule has 1 aliphatic rings. The second-order valence-electron chi connectivity index (χ2n) is 7.86. The molecule has 23 heavy (non-hydrogen) atoms. The van der Waals surface area contributed by atoms with Crippen molar-refractivity contribution < 1.29 is 0 Å². The van der Waals surface area contributed by atoms with E-state index in [2.05, 4.69) is 13.8 Å². The third-order valence-electron chi connectivity index (χ3n) is 5.69. The largest absolute Gasteiger partial charge is 0.104 e. The van der Waals surface area contributed by atoms with Crippen molar-refractivity contribution in [2.75, 3.05) is 12.3 Å². The normalized spacial score (nSPS) is 16.3. The molecule has 0 N–H and O–H groups in total. The Kier molecular flexibility index (Phi) is 14.9. The van der Waals surface area contributed by atoms with E-state index in [1.165, 1.54) is 83.5 Å². The van der Waals surface area contributed by atoms with Crippen LogP contribution in [0.1, 0.15) is 123 Å². The predicted molar refractivity (Wildman–Crippen MR) is 110 cm³/mol. The van der Waals surface area contributed by atoms with Crippen molar-refractivity contribution in [3.05, 3.63) is 0 Å². The molecule has 0 radical (unpaired) electrons. The Bertz CT molecular complexity index is 216. The van der Waals surface area contributed by atoms with Crippen LogP contribution in [0.25, 0.3) is 0 Å². The smallest absolute Gasteiger partial charge is 0.0209 e. The van der Waals surface area contributed by atoms with Crippen molar-refractivity contribution in [3.8, 4) is 0 Å². The van der Waals surface area contributed by atoms with Gasteiger partial charge in [0.1, 0.15) is 0 Å². The molecule has 0 aromatic heterocycles. The van der Waals surface area contributed by atoms with E-state index in [1.807, 2.05) is 0 Å². The van der Waals surface area contributed by atoms with Crippen molar-refractivity contribution in [3.63, 3.8) is 0 Å². The minimum Gasteiger partial charge on any atom is -0.104 e. The Morgan fingerprint density at radius 2 is 1.00 bits per heavy atom. The topological polar surface area (TPSA) is 0 Å². The van der Waals surface area contributed by atoms with Gasteiger partial charge in [0.2, 0.25) is 0 Å². The highest BCUT2D eigenvalue weighted by atomic mass is 31.1. The van der Waals surface area contributed by atoms with Crippen LogP contribution in [-0.4, -0.2) is 18.0 Å². The Morgan fingerprint density at radius 1 is 0.565 bits per heavy atom. The quantitative estimate of drug-likeness (QED) is 0.207. The van der Waals surface area contributed by atoms with Gasteiger partial charge in [0.15, 0.2) is 0 Å². The van der Waals surface area contributed by atoms with Crippen LogP contribution in [0.3, 0.4) is 0 Å². The first-order valence-corrected chi connectivity index (χ1v) is 12.9. The first kappa shape index (κ1) is 21.5. The molecule has 0 unspecified atom stereocenters. The zero-order valence-corrected chi connectivity index (χ0v) is 17.4. The zero-order valence-electron chi connectivity index (χ0n) is 16.5. The summed E-state index contributed by atoms with van der Waals surface area (Å²) >= 11 is 0. The molecule has 0 aromatic carbocycles. The van der Waals surface area contributed by atoms with E-state index >= 15 is 0 Å². The van der Waals surface area contributed by atoms with Gasteiger partial charge in [0.05, 0.1) is 0 Å². The summed E-state index contributed by atoms with van der Waals surface area (Å²) in [6.07, 6.45) is 28.7. The maximum atomic E-state index is 2.32. The van der Waals surface area contributed by atoms with Gasteiger partial charge in [-0.15, -0.1) is 7.92 Å². The molecule has 0 saturated heterocycles. The van der Waals surface area contributed by atoms with Gasteiger partial charge in [-0.05, 0) is 43.7 Å². The summed E-state index contributed by atoms with van der Waals surface area (Å²) in [4.78, 5) is 0. The molecule has 0 aliphatic heterocycles. The lowest BCUT2D eigenvalue weighted by atomic mass is 10.0. The van der Waals surface area contributed by atoms with Crippen LogP contribution in [0.2, 0.25) is 0 Å². The van der Waals surface area contributed by atoms with Crippen molar-refractivity contribution in [2.24, 2.45) is 0 Å². The van der Waals surface area contributed by atoms with Crippen molar-refractivity contribution in [1.82, 2.24) is 0 Å². The lowest BCUT2D eigenvalue weighted by Crippen LogP contribution is -2.14. The van der Waals surface area contributed by atoms with Crippen molar-refractivity contribution in [1.29, 1.82) is 0 Å². The lowest BCUT2D eigenvalue weighted by molar-refractivity contribution is 0.508. The minimum absolute atomic E-state index is 0.372. The second kappa shape index (κ2) is 15.9. The van der Waals surface area contributed by atoms with E-state index in [1.54, 1.807) is 38.0 Å². The van der Waals surface area contributed by atoms with Crippen LogP contribution in [-0.2, 0) is 0 Å². The van der Waals surface area contributed by atoms with Crippen LogP contribution in [0.5, 0.6) is 0 Å². The Balaban J connectivity index is 2.17. The number of unbranched alkanes of at least 4 members (excludes halogenated alkanes) is 10. The van der Waals surface area contributed by atoms with E-state index < -0.39 is 0 Å². The van der Waals surface area contributed by atoms with E-state index in [4.69, 9.17) is 0 Å². The summed E-state index contributed by atoms with van der Waals surface area (Å²) in [6, 6.07) is 0. The molecule has 1 saturated carbocycles. The first-order chi connectivity index (χ1) is 11.4. The first-order valence-electron chi connectivity index (χ1n) is 11.1. The Labute approximate surface area is 149 Å². The Hall–Kier alpha value is 0.430. The molecule has 0 atom stereocenters. The summed E-state index contributed by atoms with van der Waals surface area (Å²) in [6.45, 7) is 4.64. The van der Waals surface area contributed by atoms with Crippen LogP contribution in [0.15, 0.2) is 0 Å². The second-order valence-corrected chi connectivity index (χ2v) is 10.7. The zero-order chi connectivity index (χ0) is 16.6.